The Kier molecular flexibility index (Phi) is 6.64. The van der Waals surface area contributed by atoms with Crippen molar-refractivity contribution in [2.24, 2.45) is 0 Å². The molecule has 0 fully saturated rings. The van der Waals surface area contributed by atoms with Crippen LogP contribution in [0.2, 0.25) is 0 Å². The molecule has 1 aromatic heterocycles. The summed E-state index contributed by atoms with van der Waals surface area (Å²) in [7, 11) is -3.89. The monoisotopic (exact) mass is 444 g/mol. The standard InChI is InChI=1S/C21H24N4O3S2/c1-5-18(16-10-9-14(3)15(4)12-16)25-30(27,28)21-24-23-20(29-21)22-19(26)17-8-6-7-13(2)11-17/h6-12,18,25H,5H2,1-4H3,(H,22,23,26)/t18-/m0/s1. The molecule has 1 heterocycles. The van der Waals surface area contributed by atoms with E-state index in [1.807, 2.05) is 52.0 Å². The molecule has 2 aromatic carbocycles. The number of carbonyl (C=O) groups is 1. The van der Waals surface area contributed by atoms with E-state index in [1.54, 1.807) is 18.2 Å². The molecule has 0 spiro atoms. The van der Waals surface area contributed by atoms with Crippen LogP contribution >= 0.6 is 11.3 Å². The van der Waals surface area contributed by atoms with Crippen molar-refractivity contribution in [3.8, 4) is 0 Å². The van der Waals surface area contributed by atoms with E-state index >= 15 is 0 Å². The van der Waals surface area contributed by atoms with Gasteiger partial charge in [-0.1, -0.05) is 54.2 Å². The summed E-state index contributed by atoms with van der Waals surface area (Å²) in [5, 5.41) is 10.3. The highest BCUT2D eigenvalue weighted by atomic mass is 32.2. The van der Waals surface area contributed by atoms with Gasteiger partial charge >= 0.3 is 0 Å². The topological polar surface area (TPSA) is 101 Å². The van der Waals surface area contributed by atoms with Crippen LogP contribution in [0.25, 0.3) is 0 Å². The van der Waals surface area contributed by atoms with Gasteiger partial charge in [-0.25, -0.2) is 13.1 Å². The number of benzene rings is 2. The summed E-state index contributed by atoms with van der Waals surface area (Å²) >= 11 is 0.816. The van der Waals surface area contributed by atoms with Crippen molar-refractivity contribution in [1.82, 2.24) is 14.9 Å². The third-order valence-corrected chi connectivity index (χ3v) is 7.45. The zero-order valence-electron chi connectivity index (χ0n) is 17.3. The van der Waals surface area contributed by atoms with Gasteiger partial charge in [-0.05, 0) is 56.0 Å². The Labute approximate surface area is 180 Å². The van der Waals surface area contributed by atoms with E-state index in [9.17, 15) is 13.2 Å². The lowest BCUT2D eigenvalue weighted by Gasteiger charge is -2.17. The summed E-state index contributed by atoms with van der Waals surface area (Å²) in [5.41, 5.74) is 4.55. The van der Waals surface area contributed by atoms with Crippen LogP contribution in [-0.4, -0.2) is 24.5 Å². The second-order valence-corrected chi connectivity index (χ2v) is 9.99. The van der Waals surface area contributed by atoms with Gasteiger partial charge in [0.25, 0.3) is 15.9 Å². The van der Waals surface area contributed by atoms with E-state index in [4.69, 9.17) is 0 Å². The zero-order valence-corrected chi connectivity index (χ0v) is 18.9. The minimum Gasteiger partial charge on any atom is -0.296 e. The fraction of sp³-hybridized carbons (Fsp3) is 0.286. The van der Waals surface area contributed by atoms with E-state index in [0.29, 0.717) is 12.0 Å². The van der Waals surface area contributed by atoms with Crippen LogP contribution in [-0.2, 0) is 10.0 Å². The summed E-state index contributed by atoms with van der Waals surface area (Å²) < 4.78 is 28.2. The summed E-state index contributed by atoms with van der Waals surface area (Å²) in [4.78, 5) is 12.4. The molecule has 0 aliphatic rings. The lowest BCUT2D eigenvalue weighted by molar-refractivity contribution is 0.102. The van der Waals surface area contributed by atoms with Crippen molar-refractivity contribution in [3.63, 3.8) is 0 Å². The molecule has 1 atom stereocenters. The highest BCUT2D eigenvalue weighted by Gasteiger charge is 2.25. The molecule has 158 valence electrons. The average Bonchev–Trinajstić information content (AvgIpc) is 3.18. The Bertz CT molecular complexity index is 1170. The molecule has 0 aliphatic carbocycles. The van der Waals surface area contributed by atoms with Gasteiger partial charge in [0, 0.05) is 11.6 Å². The number of hydrogen-bond donors (Lipinski definition) is 2. The number of nitrogens with zero attached hydrogens (tertiary/aromatic N) is 2. The minimum absolute atomic E-state index is 0.126. The smallest absolute Gasteiger partial charge is 0.270 e. The number of anilines is 1. The highest BCUT2D eigenvalue weighted by molar-refractivity contribution is 7.91. The number of hydrogen-bond acceptors (Lipinski definition) is 6. The number of nitrogens with one attached hydrogen (secondary N) is 2. The summed E-state index contributed by atoms with van der Waals surface area (Å²) in [5.74, 6) is -0.367. The second kappa shape index (κ2) is 9.03. The molecule has 30 heavy (non-hydrogen) atoms. The van der Waals surface area contributed by atoms with E-state index in [2.05, 4.69) is 20.2 Å². The first kappa shape index (κ1) is 22.1. The zero-order chi connectivity index (χ0) is 21.9. The number of aryl methyl sites for hydroxylation is 3. The van der Waals surface area contributed by atoms with Crippen LogP contribution in [0.4, 0.5) is 5.13 Å². The average molecular weight is 445 g/mol. The van der Waals surface area contributed by atoms with Gasteiger partial charge < -0.3 is 0 Å². The second-order valence-electron chi connectivity index (χ2n) is 7.12. The number of aromatic nitrogens is 2. The van der Waals surface area contributed by atoms with Gasteiger partial charge in [0.2, 0.25) is 9.47 Å². The van der Waals surface area contributed by atoms with Crippen molar-refractivity contribution in [2.75, 3.05) is 5.32 Å². The normalized spacial score (nSPS) is 12.5. The Balaban J connectivity index is 1.75. The van der Waals surface area contributed by atoms with Crippen LogP contribution in [0, 0.1) is 20.8 Å². The van der Waals surface area contributed by atoms with Gasteiger partial charge in [-0.2, -0.15) is 0 Å². The maximum absolute atomic E-state index is 12.8. The molecule has 0 radical (unpaired) electrons. The van der Waals surface area contributed by atoms with Gasteiger partial charge in [0.15, 0.2) is 0 Å². The Hall–Kier alpha value is -2.62. The Morgan fingerprint density at radius 1 is 1.07 bits per heavy atom. The number of rotatable bonds is 7. The van der Waals surface area contributed by atoms with Crippen LogP contribution in [0.1, 0.15) is 52.0 Å². The molecule has 3 rings (SSSR count). The lowest BCUT2D eigenvalue weighted by Crippen LogP contribution is -2.28. The largest absolute Gasteiger partial charge is 0.296 e. The third-order valence-electron chi connectivity index (χ3n) is 4.78. The number of amides is 1. The summed E-state index contributed by atoms with van der Waals surface area (Å²) in [6, 6.07) is 12.6. The van der Waals surface area contributed by atoms with Crippen LogP contribution in [0.15, 0.2) is 46.8 Å². The van der Waals surface area contributed by atoms with Crippen molar-refractivity contribution < 1.29 is 13.2 Å². The van der Waals surface area contributed by atoms with Gasteiger partial charge in [0.1, 0.15) is 0 Å². The molecule has 0 saturated carbocycles. The molecule has 1 amide bonds. The first-order valence-corrected chi connectivity index (χ1v) is 11.8. The fourth-order valence-electron chi connectivity index (χ4n) is 2.93. The predicted molar refractivity (Wildman–Crippen MR) is 118 cm³/mol. The maximum Gasteiger partial charge on any atom is 0.270 e. The Morgan fingerprint density at radius 3 is 2.50 bits per heavy atom. The molecule has 7 nitrogen and oxygen atoms in total. The van der Waals surface area contributed by atoms with E-state index in [0.717, 1.165) is 33.6 Å². The van der Waals surface area contributed by atoms with E-state index in [1.165, 1.54) is 0 Å². The molecular formula is C21H24N4O3S2. The van der Waals surface area contributed by atoms with Crippen molar-refractivity contribution in [3.05, 3.63) is 70.3 Å². The highest BCUT2D eigenvalue weighted by Crippen LogP contribution is 2.25. The van der Waals surface area contributed by atoms with Gasteiger partial charge in [0.05, 0.1) is 0 Å². The SMILES string of the molecule is CC[C@H](NS(=O)(=O)c1nnc(NC(=O)c2cccc(C)c2)s1)c1ccc(C)c(C)c1. The Morgan fingerprint density at radius 2 is 1.83 bits per heavy atom. The van der Waals surface area contributed by atoms with Crippen LogP contribution in [0.3, 0.4) is 0 Å². The van der Waals surface area contributed by atoms with E-state index in [-0.39, 0.29) is 21.4 Å². The fourth-order valence-corrected chi connectivity index (χ4v) is 5.15. The van der Waals surface area contributed by atoms with Gasteiger partial charge in [-0.3, -0.25) is 10.1 Å². The van der Waals surface area contributed by atoms with Crippen molar-refractivity contribution in [2.45, 2.75) is 44.5 Å². The first-order valence-electron chi connectivity index (χ1n) is 9.50. The molecule has 0 bridgehead atoms. The summed E-state index contributed by atoms with van der Waals surface area (Å²) in [6.45, 7) is 7.81. The molecular weight excluding hydrogens is 420 g/mol. The predicted octanol–water partition coefficient (Wildman–Crippen LogP) is 4.15. The molecule has 0 unspecified atom stereocenters. The molecule has 3 aromatic rings. The van der Waals surface area contributed by atoms with Gasteiger partial charge in [-0.15, -0.1) is 10.2 Å². The molecule has 0 saturated heterocycles. The van der Waals surface area contributed by atoms with Crippen LogP contribution < -0.4 is 10.0 Å². The maximum atomic E-state index is 12.8. The summed E-state index contributed by atoms with van der Waals surface area (Å²) in [6.07, 6.45) is 0.581. The third kappa shape index (κ3) is 5.10. The van der Waals surface area contributed by atoms with Crippen molar-refractivity contribution >= 4 is 32.4 Å². The molecule has 2 N–H and O–H groups in total. The molecule has 0 aliphatic heterocycles. The number of sulfonamides is 1. The molecule has 9 heteroatoms. The van der Waals surface area contributed by atoms with Crippen LogP contribution in [0.5, 0.6) is 0 Å². The minimum atomic E-state index is -3.89. The lowest BCUT2D eigenvalue weighted by atomic mass is 10.0. The van der Waals surface area contributed by atoms with E-state index < -0.39 is 10.0 Å². The first-order chi connectivity index (χ1) is 14.2. The van der Waals surface area contributed by atoms with Crippen molar-refractivity contribution in [1.29, 1.82) is 0 Å². The number of carbonyl (C=O) groups excluding carboxylic acids is 1. The quantitative estimate of drug-likeness (QED) is 0.533.